The lowest BCUT2D eigenvalue weighted by atomic mass is 10.3. The fourth-order valence-corrected chi connectivity index (χ4v) is 2.13. The number of hydrogen-bond acceptors (Lipinski definition) is 5. The molecule has 0 heterocycles. The number of aliphatic hydroxyl groups excluding tert-OH is 2. The summed E-state index contributed by atoms with van der Waals surface area (Å²) in [5.74, 6) is 0.0724. The Hall–Kier alpha value is -1.11. The number of benzene rings is 1. The van der Waals surface area contributed by atoms with Gasteiger partial charge in [-0.25, -0.2) is 8.42 Å². The second-order valence-electron chi connectivity index (χ2n) is 3.65. The molecule has 5 nitrogen and oxygen atoms in total. The molecule has 1 aromatic rings. The highest BCUT2D eigenvalue weighted by Crippen LogP contribution is 2.15. The van der Waals surface area contributed by atoms with Crippen LogP contribution in [-0.2, 0) is 9.84 Å². The highest BCUT2D eigenvalue weighted by molar-refractivity contribution is 7.91. The Morgan fingerprint density at radius 2 is 1.88 bits per heavy atom. The molecule has 0 radical (unpaired) electrons. The van der Waals surface area contributed by atoms with Gasteiger partial charge in [0.2, 0.25) is 0 Å². The number of sulfone groups is 1. The summed E-state index contributed by atoms with van der Waals surface area (Å²) in [7, 11) is -3.17. The van der Waals surface area contributed by atoms with Crippen molar-refractivity contribution in [1.29, 1.82) is 0 Å². The van der Waals surface area contributed by atoms with E-state index < -0.39 is 15.9 Å². The van der Waals surface area contributed by atoms with E-state index in [1.54, 1.807) is 19.1 Å². The third-order valence-corrected chi connectivity index (χ3v) is 4.10. The van der Waals surface area contributed by atoms with Gasteiger partial charge in [0.05, 0.1) is 23.4 Å². The van der Waals surface area contributed by atoms with Gasteiger partial charge in [0.1, 0.15) is 0 Å². The van der Waals surface area contributed by atoms with Crippen molar-refractivity contribution in [3.63, 3.8) is 0 Å². The lowest BCUT2D eigenvalue weighted by Gasteiger charge is -2.10. The molecule has 0 aliphatic carbocycles. The van der Waals surface area contributed by atoms with Gasteiger partial charge in [-0.3, -0.25) is 0 Å². The predicted molar refractivity (Wildman–Crippen MR) is 65.8 cm³/mol. The maximum absolute atomic E-state index is 11.5. The molecule has 17 heavy (non-hydrogen) atoms. The van der Waals surface area contributed by atoms with Crippen molar-refractivity contribution in [3.8, 4) is 0 Å². The van der Waals surface area contributed by atoms with E-state index in [0.717, 1.165) is 0 Å². The van der Waals surface area contributed by atoms with Crippen LogP contribution in [-0.4, -0.2) is 43.6 Å². The second-order valence-corrected chi connectivity index (χ2v) is 5.92. The number of nitrogens with one attached hydrogen (secondary N) is 1. The molecule has 0 fully saturated rings. The second kappa shape index (κ2) is 6.00. The van der Waals surface area contributed by atoms with Crippen molar-refractivity contribution >= 4 is 15.5 Å². The minimum absolute atomic E-state index is 0.0724. The Morgan fingerprint density at radius 3 is 2.35 bits per heavy atom. The first kappa shape index (κ1) is 14.0. The van der Waals surface area contributed by atoms with Crippen LogP contribution in [0.5, 0.6) is 0 Å². The first-order valence-corrected chi connectivity index (χ1v) is 7.00. The summed E-state index contributed by atoms with van der Waals surface area (Å²) >= 11 is 0. The summed E-state index contributed by atoms with van der Waals surface area (Å²) in [6.45, 7) is 1.50. The molecule has 1 aromatic carbocycles. The van der Waals surface area contributed by atoms with Gasteiger partial charge in [0.15, 0.2) is 9.84 Å². The summed E-state index contributed by atoms with van der Waals surface area (Å²) in [5, 5.41) is 20.6. The molecule has 0 aliphatic rings. The lowest BCUT2D eigenvalue weighted by Crippen LogP contribution is -2.22. The number of rotatable bonds is 6. The molecule has 6 heteroatoms. The maximum atomic E-state index is 11.5. The van der Waals surface area contributed by atoms with Crippen molar-refractivity contribution in [3.05, 3.63) is 24.3 Å². The van der Waals surface area contributed by atoms with Crippen molar-refractivity contribution < 1.29 is 18.6 Å². The van der Waals surface area contributed by atoms with Gasteiger partial charge in [-0.1, -0.05) is 6.92 Å². The molecule has 0 aliphatic heterocycles. The van der Waals surface area contributed by atoms with Crippen LogP contribution in [0.3, 0.4) is 0 Å². The Bertz CT molecular complexity index is 441. The van der Waals surface area contributed by atoms with Gasteiger partial charge in [-0.15, -0.1) is 0 Å². The highest BCUT2D eigenvalue weighted by atomic mass is 32.2. The fourth-order valence-electron chi connectivity index (χ4n) is 1.25. The summed E-state index contributed by atoms with van der Waals surface area (Å²) in [6, 6.07) is 6.30. The van der Waals surface area contributed by atoms with Gasteiger partial charge in [0, 0.05) is 12.2 Å². The molecule has 1 unspecified atom stereocenters. The summed E-state index contributed by atoms with van der Waals surface area (Å²) in [5.41, 5.74) is 0.701. The van der Waals surface area contributed by atoms with E-state index in [0.29, 0.717) is 5.69 Å². The van der Waals surface area contributed by atoms with Crippen LogP contribution in [0.4, 0.5) is 5.69 Å². The van der Waals surface area contributed by atoms with Gasteiger partial charge < -0.3 is 15.5 Å². The number of anilines is 1. The predicted octanol–water partition coefficient (Wildman–Crippen LogP) is 0.245. The topological polar surface area (TPSA) is 86.6 Å². The van der Waals surface area contributed by atoms with Crippen LogP contribution in [0.2, 0.25) is 0 Å². The van der Waals surface area contributed by atoms with E-state index in [-0.39, 0.29) is 23.8 Å². The third-order valence-electron chi connectivity index (χ3n) is 2.35. The number of aliphatic hydroxyl groups is 2. The summed E-state index contributed by atoms with van der Waals surface area (Å²) in [6.07, 6.45) is -0.825. The van der Waals surface area contributed by atoms with Gasteiger partial charge in [0.25, 0.3) is 0 Å². The third kappa shape index (κ3) is 3.99. The zero-order chi connectivity index (χ0) is 12.9. The van der Waals surface area contributed by atoms with Gasteiger partial charge in [-0.2, -0.15) is 0 Å². The largest absolute Gasteiger partial charge is 0.394 e. The average molecular weight is 259 g/mol. The van der Waals surface area contributed by atoms with Crippen LogP contribution >= 0.6 is 0 Å². The van der Waals surface area contributed by atoms with Crippen LogP contribution in [0.15, 0.2) is 29.2 Å². The zero-order valence-electron chi connectivity index (χ0n) is 9.63. The molecular weight excluding hydrogens is 242 g/mol. The van der Waals surface area contributed by atoms with E-state index >= 15 is 0 Å². The standard InChI is InChI=1S/C11H17NO4S/c1-2-17(15,16)11-5-3-9(4-6-11)12-7-10(14)8-13/h3-6,10,12-14H,2,7-8H2,1H3. The first-order chi connectivity index (χ1) is 7.99. The van der Waals surface area contributed by atoms with Crippen molar-refractivity contribution in [2.24, 2.45) is 0 Å². The Labute approximate surface area is 101 Å². The van der Waals surface area contributed by atoms with E-state index in [1.807, 2.05) is 0 Å². The fraction of sp³-hybridized carbons (Fsp3) is 0.455. The molecule has 0 spiro atoms. The molecule has 0 amide bonds. The molecule has 96 valence electrons. The average Bonchev–Trinajstić information content (AvgIpc) is 2.36. The molecule has 1 atom stereocenters. The highest BCUT2D eigenvalue weighted by Gasteiger charge is 2.10. The maximum Gasteiger partial charge on any atom is 0.178 e. The van der Waals surface area contributed by atoms with Crippen molar-refractivity contribution in [2.75, 3.05) is 24.2 Å². The molecule has 0 bridgehead atoms. The monoisotopic (exact) mass is 259 g/mol. The lowest BCUT2D eigenvalue weighted by molar-refractivity contribution is 0.105. The molecule has 0 saturated carbocycles. The normalized spacial score (nSPS) is 13.4. The molecular formula is C11H17NO4S. The van der Waals surface area contributed by atoms with Gasteiger partial charge >= 0.3 is 0 Å². The van der Waals surface area contributed by atoms with Gasteiger partial charge in [-0.05, 0) is 24.3 Å². The molecule has 3 N–H and O–H groups in total. The minimum atomic E-state index is -3.17. The van der Waals surface area contributed by atoms with E-state index in [4.69, 9.17) is 10.2 Å². The van der Waals surface area contributed by atoms with E-state index in [2.05, 4.69) is 5.32 Å². The molecule has 1 rings (SSSR count). The quantitative estimate of drug-likeness (QED) is 0.681. The SMILES string of the molecule is CCS(=O)(=O)c1ccc(NCC(O)CO)cc1. The molecule has 0 aromatic heterocycles. The van der Waals surface area contributed by atoms with Crippen LogP contribution in [0.25, 0.3) is 0 Å². The van der Waals surface area contributed by atoms with E-state index in [1.165, 1.54) is 12.1 Å². The smallest absolute Gasteiger partial charge is 0.178 e. The Morgan fingerprint density at radius 1 is 1.29 bits per heavy atom. The van der Waals surface area contributed by atoms with Crippen LogP contribution in [0.1, 0.15) is 6.92 Å². The first-order valence-electron chi connectivity index (χ1n) is 5.35. The van der Waals surface area contributed by atoms with Crippen molar-refractivity contribution in [1.82, 2.24) is 0 Å². The number of hydrogen-bond donors (Lipinski definition) is 3. The molecule has 0 saturated heterocycles. The minimum Gasteiger partial charge on any atom is -0.394 e. The Kier molecular flexibility index (Phi) is 4.92. The Balaban J connectivity index is 2.69. The summed E-state index contributed by atoms with van der Waals surface area (Å²) < 4.78 is 23.1. The van der Waals surface area contributed by atoms with Crippen molar-refractivity contribution in [2.45, 2.75) is 17.9 Å². The summed E-state index contributed by atoms with van der Waals surface area (Å²) in [4.78, 5) is 0.285. The van der Waals surface area contributed by atoms with E-state index in [9.17, 15) is 8.42 Å². The van der Waals surface area contributed by atoms with Crippen LogP contribution < -0.4 is 5.32 Å². The van der Waals surface area contributed by atoms with Crippen LogP contribution in [0, 0.1) is 0 Å². The zero-order valence-corrected chi connectivity index (χ0v) is 10.4.